The third-order valence-corrected chi connectivity index (χ3v) is 4.42. The lowest BCUT2D eigenvalue weighted by Crippen LogP contribution is -2.53. The van der Waals surface area contributed by atoms with Gasteiger partial charge in [-0.3, -0.25) is 14.2 Å². The highest BCUT2D eigenvalue weighted by molar-refractivity contribution is 7.09. The van der Waals surface area contributed by atoms with E-state index < -0.39 is 5.54 Å². The van der Waals surface area contributed by atoms with E-state index in [0.717, 1.165) is 17.0 Å². The van der Waals surface area contributed by atoms with Crippen LogP contribution in [0.15, 0.2) is 4.79 Å². The SMILES string of the molecule is Cc1sc(=O)n(CC(=O)NC(C)(CN)CC(C)C)c1C. The molecule has 0 radical (unpaired) electrons. The Morgan fingerprint density at radius 2 is 2.05 bits per heavy atom. The van der Waals surface area contributed by atoms with Crippen molar-refractivity contribution in [2.45, 2.75) is 53.1 Å². The first-order valence-corrected chi connectivity index (χ1v) is 7.68. The number of amides is 1. The molecule has 1 aromatic heterocycles. The molecule has 114 valence electrons. The van der Waals surface area contributed by atoms with Crippen molar-refractivity contribution in [2.24, 2.45) is 11.7 Å². The molecule has 1 rings (SSSR count). The van der Waals surface area contributed by atoms with Crippen molar-refractivity contribution < 1.29 is 4.79 Å². The first-order chi connectivity index (χ1) is 9.18. The van der Waals surface area contributed by atoms with Crippen LogP contribution in [0.1, 0.15) is 37.8 Å². The minimum atomic E-state index is -0.423. The molecule has 0 saturated carbocycles. The number of nitrogens with one attached hydrogen (secondary N) is 1. The maximum atomic E-state index is 12.2. The Labute approximate surface area is 124 Å². The van der Waals surface area contributed by atoms with Crippen molar-refractivity contribution in [3.05, 3.63) is 20.2 Å². The van der Waals surface area contributed by atoms with Crippen LogP contribution in [0.4, 0.5) is 0 Å². The van der Waals surface area contributed by atoms with Gasteiger partial charge >= 0.3 is 4.87 Å². The van der Waals surface area contributed by atoms with E-state index >= 15 is 0 Å². The summed E-state index contributed by atoms with van der Waals surface area (Å²) in [7, 11) is 0. The van der Waals surface area contributed by atoms with Crippen molar-refractivity contribution in [1.29, 1.82) is 0 Å². The van der Waals surface area contributed by atoms with Crippen LogP contribution in [0.3, 0.4) is 0 Å². The molecule has 0 bridgehead atoms. The molecule has 0 aliphatic rings. The molecule has 1 heterocycles. The molecule has 1 aromatic rings. The van der Waals surface area contributed by atoms with Gasteiger partial charge in [0.25, 0.3) is 0 Å². The predicted molar refractivity (Wildman–Crippen MR) is 83.1 cm³/mol. The van der Waals surface area contributed by atoms with E-state index in [1.165, 1.54) is 15.9 Å². The Balaban J connectivity index is 2.79. The van der Waals surface area contributed by atoms with Gasteiger partial charge in [0.05, 0.1) is 0 Å². The fraction of sp³-hybridized carbons (Fsp3) is 0.714. The summed E-state index contributed by atoms with van der Waals surface area (Å²) >= 11 is 1.17. The lowest BCUT2D eigenvalue weighted by molar-refractivity contribution is -0.123. The Kier molecular flexibility index (Phi) is 5.53. The first kappa shape index (κ1) is 16.9. The fourth-order valence-corrected chi connectivity index (χ4v) is 3.21. The van der Waals surface area contributed by atoms with E-state index in [4.69, 9.17) is 5.73 Å². The van der Waals surface area contributed by atoms with Crippen LogP contribution in [-0.2, 0) is 11.3 Å². The third kappa shape index (κ3) is 4.18. The maximum Gasteiger partial charge on any atom is 0.308 e. The standard InChI is InChI=1S/C14H25N3O2S/c1-9(2)6-14(5,8-15)16-12(18)7-17-10(3)11(4)20-13(17)19/h9H,6-8,15H2,1-5H3,(H,16,18). The molecule has 1 amide bonds. The predicted octanol–water partition coefficient (Wildman–Crippen LogP) is 1.41. The van der Waals surface area contributed by atoms with Crippen LogP contribution in [0.2, 0.25) is 0 Å². The average Bonchev–Trinajstić information content (AvgIpc) is 2.55. The Bertz CT molecular complexity index is 533. The molecular weight excluding hydrogens is 274 g/mol. The molecule has 3 N–H and O–H groups in total. The number of rotatable bonds is 6. The van der Waals surface area contributed by atoms with Gasteiger partial charge in [0.2, 0.25) is 5.91 Å². The molecule has 0 fully saturated rings. The van der Waals surface area contributed by atoms with Crippen LogP contribution in [0.25, 0.3) is 0 Å². The van der Waals surface area contributed by atoms with Crippen molar-refractivity contribution in [3.8, 4) is 0 Å². The maximum absolute atomic E-state index is 12.2. The molecule has 5 nitrogen and oxygen atoms in total. The zero-order valence-electron chi connectivity index (χ0n) is 12.9. The van der Waals surface area contributed by atoms with Crippen molar-refractivity contribution >= 4 is 17.2 Å². The van der Waals surface area contributed by atoms with Crippen LogP contribution in [0, 0.1) is 19.8 Å². The number of carbonyl (C=O) groups excluding carboxylic acids is 1. The highest BCUT2D eigenvalue weighted by atomic mass is 32.1. The molecule has 0 aliphatic carbocycles. The highest BCUT2D eigenvalue weighted by Crippen LogP contribution is 2.15. The lowest BCUT2D eigenvalue weighted by atomic mass is 9.91. The number of aryl methyl sites for hydroxylation is 1. The van der Waals surface area contributed by atoms with Crippen molar-refractivity contribution in [3.63, 3.8) is 0 Å². The quantitative estimate of drug-likeness (QED) is 0.833. The van der Waals surface area contributed by atoms with Crippen molar-refractivity contribution in [1.82, 2.24) is 9.88 Å². The largest absolute Gasteiger partial charge is 0.348 e. The summed E-state index contributed by atoms with van der Waals surface area (Å²) in [4.78, 5) is 24.8. The number of nitrogens with two attached hydrogens (primary N) is 1. The van der Waals surface area contributed by atoms with Crippen LogP contribution in [0.5, 0.6) is 0 Å². The number of nitrogens with zero attached hydrogens (tertiary/aromatic N) is 1. The molecule has 20 heavy (non-hydrogen) atoms. The van der Waals surface area contributed by atoms with E-state index in [1.807, 2.05) is 20.8 Å². The van der Waals surface area contributed by atoms with Gasteiger partial charge < -0.3 is 11.1 Å². The number of thiazole rings is 1. The molecular formula is C14H25N3O2S. The Hall–Kier alpha value is -1.14. The van der Waals surface area contributed by atoms with Gasteiger partial charge in [0, 0.05) is 22.7 Å². The second-order valence-electron chi connectivity index (χ2n) is 6.01. The smallest absolute Gasteiger partial charge is 0.308 e. The average molecular weight is 299 g/mol. The van der Waals surface area contributed by atoms with Gasteiger partial charge in [0.15, 0.2) is 0 Å². The highest BCUT2D eigenvalue weighted by Gasteiger charge is 2.26. The summed E-state index contributed by atoms with van der Waals surface area (Å²) in [5.74, 6) is 0.276. The van der Waals surface area contributed by atoms with Crippen molar-refractivity contribution in [2.75, 3.05) is 6.54 Å². The second kappa shape index (κ2) is 6.54. The molecule has 0 aliphatic heterocycles. The number of hydrogen-bond acceptors (Lipinski definition) is 4. The Morgan fingerprint density at radius 1 is 1.45 bits per heavy atom. The zero-order valence-corrected chi connectivity index (χ0v) is 13.8. The van der Waals surface area contributed by atoms with Crippen LogP contribution >= 0.6 is 11.3 Å². The summed E-state index contributed by atoms with van der Waals surface area (Å²) in [5, 5.41) is 2.97. The van der Waals surface area contributed by atoms with Gasteiger partial charge in [-0.25, -0.2) is 0 Å². The first-order valence-electron chi connectivity index (χ1n) is 6.86. The molecule has 6 heteroatoms. The minimum Gasteiger partial charge on any atom is -0.348 e. The van der Waals surface area contributed by atoms with Crippen LogP contribution < -0.4 is 15.9 Å². The van der Waals surface area contributed by atoms with Gasteiger partial charge in [-0.2, -0.15) is 0 Å². The molecule has 1 atom stereocenters. The van der Waals surface area contributed by atoms with Gasteiger partial charge in [-0.1, -0.05) is 25.2 Å². The molecule has 0 aromatic carbocycles. The fourth-order valence-electron chi connectivity index (χ4n) is 2.38. The van der Waals surface area contributed by atoms with Crippen LogP contribution in [-0.4, -0.2) is 22.6 Å². The van der Waals surface area contributed by atoms with Gasteiger partial charge in [-0.15, -0.1) is 0 Å². The Morgan fingerprint density at radius 3 is 2.45 bits per heavy atom. The zero-order chi connectivity index (χ0) is 15.5. The van der Waals surface area contributed by atoms with E-state index in [1.54, 1.807) is 0 Å². The number of hydrogen-bond donors (Lipinski definition) is 2. The second-order valence-corrected chi connectivity index (χ2v) is 7.17. The third-order valence-electron chi connectivity index (χ3n) is 3.43. The normalized spacial score (nSPS) is 14.3. The number of aromatic nitrogens is 1. The molecule has 0 saturated heterocycles. The monoisotopic (exact) mass is 299 g/mol. The lowest BCUT2D eigenvalue weighted by Gasteiger charge is -2.31. The van der Waals surface area contributed by atoms with Gasteiger partial charge in [0.1, 0.15) is 6.54 Å². The summed E-state index contributed by atoms with van der Waals surface area (Å²) in [6.45, 7) is 10.3. The summed E-state index contributed by atoms with van der Waals surface area (Å²) in [6.07, 6.45) is 0.811. The summed E-state index contributed by atoms with van der Waals surface area (Å²) < 4.78 is 1.52. The van der Waals surface area contributed by atoms with E-state index in [9.17, 15) is 9.59 Å². The van der Waals surface area contributed by atoms with E-state index in [0.29, 0.717) is 12.5 Å². The van der Waals surface area contributed by atoms with E-state index in [2.05, 4.69) is 19.2 Å². The molecule has 0 spiro atoms. The number of carbonyl (C=O) groups is 1. The topological polar surface area (TPSA) is 77.1 Å². The summed E-state index contributed by atoms with van der Waals surface area (Å²) in [6, 6.07) is 0. The van der Waals surface area contributed by atoms with E-state index in [-0.39, 0.29) is 17.3 Å². The minimum absolute atomic E-state index is 0.0582. The molecule has 1 unspecified atom stereocenters. The summed E-state index contributed by atoms with van der Waals surface area (Å²) in [5.41, 5.74) is 6.21. The van der Waals surface area contributed by atoms with Gasteiger partial charge in [-0.05, 0) is 33.1 Å².